The Morgan fingerprint density at radius 3 is 2.53 bits per heavy atom. The van der Waals surface area contributed by atoms with Crippen molar-refractivity contribution in [2.24, 2.45) is 0 Å². The molecule has 1 fully saturated rings. The standard InChI is InChI=1S/C12H11FO4/c1-17-10-3-2-7(4-9(10)13)12(11(15)16)5-8(14)6-12/h2-4H,5-6H2,1H3,(H,15,16). The summed E-state index contributed by atoms with van der Waals surface area (Å²) in [6.45, 7) is 0. The van der Waals surface area contributed by atoms with E-state index in [1.807, 2.05) is 0 Å². The number of halogens is 1. The molecule has 1 N–H and O–H groups in total. The Morgan fingerprint density at radius 1 is 1.47 bits per heavy atom. The number of carbonyl (C=O) groups excluding carboxylic acids is 1. The normalized spacial score (nSPS) is 17.4. The number of hydrogen-bond acceptors (Lipinski definition) is 3. The maximum Gasteiger partial charge on any atom is 0.315 e. The Morgan fingerprint density at radius 2 is 2.12 bits per heavy atom. The molecule has 0 spiro atoms. The number of carboxylic acids is 1. The summed E-state index contributed by atoms with van der Waals surface area (Å²) in [6.07, 6.45) is -0.151. The number of hydrogen-bond donors (Lipinski definition) is 1. The molecule has 1 aliphatic rings. The van der Waals surface area contributed by atoms with Crippen LogP contribution in [0.15, 0.2) is 18.2 Å². The Kier molecular flexibility index (Phi) is 2.61. The van der Waals surface area contributed by atoms with Gasteiger partial charge in [-0.2, -0.15) is 0 Å². The number of methoxy groups -OCH3 is 1. The first-order valence-electron chi connectivity index (χ1n) is 5.09. The molecule has 5 heteroatoms. The van der Waals surface area contributed by atoms with Gasteiger partial charge in [0.2, 0.25) is 0 Å². The Hall–Kier alpha value is -1.91. The molecule has 1 aromatic rings. The highest BCUT2D eigenvalue weighted by molar-refractivity contribution is 6.01. The highest BCUT2D eigenvalue weighted by Crippen LogP contribution is 2.42. The van der Waals surface area contributed by atoms with Crippen molar-refractivity contribution in [1.29, 1.82) is 0 Å². The summed E-state index contributed by atoms with van der Waals surface area (Å²) >= 11 is 0. The van der Waals surface area contributed by atoms with E-state index in [0.29, 0.717) is 5.56 Å². The fourth-order valence-corrected chi connectivity index (χ4v) is 2.06. The molecular weight excluding hydrogens is 227 g/mol. The molecule has 0 aliphatic heterocycles. The maximum absolute atomic E-state index is 13.5. The number of Topliss-reactive ketones (excluding diaryl/α,β-unsaturated/α-hetero) is 1. The van der Waals surface area contributed by atoms with Gasteiger partial charge in [0.25, 0.3) is 0 Å². The second kappa shape index (κ2) is 3.84. The van der Waals surface area contributed by atoms with Crippen LogP contribution >= 0.6 is 0 Å². The van der Waals surface area contributed by atoms with Gasteiger partial charge in [0.05, 0.1) is 7.11 Å². The number of rotatable bonds is 3. The minimum absolute atomic E-state index is 0.0555. The first kappa shape index (κ1) is 11.6. The van der Waals surface area contributed by atoms with Gasteiger partial charge in [-0.05, 0) is 17.7 Å². The van der Waals surface area contributed by atoms with Crippen molar-refractivity contribution < 1.29 is 23.8 Å². The van der Waals surface area contributed by atoms with Gasteiger partial charge in [0.15, 0.2) is 11.6 Å². The number of aliphatic carboxylic acids is 1. The van der Waals surface area contributed by atoms with Crippen LogP contribution in [0.25, 0.3) is 0 Å². The molecular formula is C12H11FO4. The van der Waals surface area contributed by atoms with E-state index < -0.39 is 17.2 Å². The molecule has 1 saturated carbocycles. The van der Waals surface area contributed by atoms with E-state index in [2.05, 4.69) is 0 Å². The minimum Gasteiger partial charge on any atom is -0.494 e. The molecule has 4 nitrogen and oxygen atoms in total. The number of benzene rings is 1. The van der Waals surface area contributed by atoms with Gasteiger partial charge >= 0.3 is 5.97 Å². The third kappa shape index (κ3) is 1.67. The van der Waals surface area contributed by atoms with E-state index in [9.17, 15) is 14.0 Å². The van der Waals surface area contributed by atoms with Crippen LogP contribution in [0.4, 0.5) is 4.39 Å². The van der Waals surface area contributed by atoms with Crippen LogP contribution in [0.3, 0.4) is 0 Å². The molecule has 2 rings (SSSR count). The van der Waals surface area contributed by atoms with Crippen molar-refractivity contribution in [3.05, 3.63) is 29.6 Å². The molecule has 0 heterocycles. The van der Waals surface area contributed by atoms with Gasteiger partial charge in [-0.25, -0.2) is 4.39 Å². The lowest BCUT2D eigenvalue weighted by Gasteiger charge is -2.36. The zero-order chi connectivity index (χ0) is 12.6. The van der Waals surface area contributed by atoms with E-state index in [-0.39, 0.29) is 24.4 Å². The van der Waals surface area contributed by atoms with Crippen molar-refractivity contribution in [1.82, 2.24) is 0 Å². The van der Waals surface area contributed by atoms with E-state index in [1.165, 1.54) is 19.2 Å². The molecule has 90 valence electrons. The quantitative estimate of drug-likeness (QED) is 0.867. The zero-order valence-electron chi connectivity index (χ0n) is 9.20. The van der Waals surface area contributed by atoms with E-state index >= 15 is 0 Å². The van der Waals surface area contributed by atoms with Crippen LogP contribution < -0.4 is 4.74 Å². The average molecular weight is 238 g/mol. The van der Waals surface area contributed by atoms with Gasteiger partial charge in [0.1, 0.15) is 11.2 Å². The summed E-state index contributed by atoms with van der Waals surface area (Å²) in [5, 5.41) is 9.17. The minimum atomic E-state index is -1.26. The van der Waals surface area contributed by atoms with Crippen LogP contribution in [0.1, 0.15) is 18.4 Å². The number of carbonyl (C=O) groups is 2. The first-order valence-corrected chi connectivity index (χ1v) is 5.09. The summed E-state index contributed by atoms with van der Waals surface area (Å²) in [4.78, 5) is 22.2. The summed E-state index contributed by atoms with van der Waals surface area (Å²) in [5.74, 6) is -1.78. The highest BCUT2D eigenvalue weighted by Gasteiger charge is 2.51. The second-order valence-electron chi connectivity index (χ2n) is 4.13. The van der Waals surface area contributed by atoms with Gasteiger partial charge in [0, 0.05) is 12.8 Å². The van der Waals surface area contributed by atoms with Crippen LogP contribution in [-0.2, 0) is 15.0 Å². The molecule has 0 amide bonds. The molecule has 0 bridgehead atoms. The van der Waals surface area contributed by atoms with Crippen LogP contribution in [-0.4, -0.2) is 24.0 Å². The Balaban J connectivity index is 2.42. The second-order valence-corrected chi connectivity index (χ2v) is 4.13. The van der Waals surface area contributed by atoms with Gasteiger partial charge < -0.3 is 9.84 Å². The smallest absolute Gasteiger partial charge is 0.315 e. The number of ketones is 1. The van der Waals surface area contributed by atoms with E-state index in [0.717, 1.165) is 6.07 Å². The van der Waals surface area contributed by atoms with Crippen molar-refractivity contribution in [3.63, 3.8) is 0 Å². The largest absolute Gasteiger partial charge is 0.494 e. The third-order valence-corrected chi connectivity index (χ3v) is 3.11. The monoisotopic (exact) mass is 238 g/mol. The number of ether oxygens (including phenoxy) is 1. The fraction of sp³-hybridized carbons (Fsp3) is 0.333. The summed E-state index contributed by atoms with van der Waals surface area (Å²) in [7, 11) is 1.33. The maximum atomic E-state index is 13.5. The predicted octanol–water partition coefficient (Wildman–Crippen LogP) is 1.52. The molecule has 0 atom stereocenters. The van der Waals surface area contributed by atoms with Crippen molar-refractivity contribution >= 4 is 11.8 Å². The van der Waals surface area contributed by atoms with E-state index in [4.69, 9.17) is 9.84 Å². The van der Waals surface area contributed by atoms with Crippen molar-refractivity contribution in [3.8, 4) is 5.75 Å². The fourth-order valence-electron chi connectivity index (χ4n) is 2.06. The molecule has 0 saturated heterocycles. The van der Waals surface area contributed by atoms with Gasteiger partial charge in [-0.3, -0.25) is 9.59 Å². The zero-order valence-corrected chi connectivity index (χ0v) is 9.20. The average Bonchev–Trinajstić information content (AvgIpc) is 2.24. The summed E-state index contributed by atoms with van der Waals surface area (Å²) in [6, 6.07) is 3.99. The van der Waals surface area contributed by atoms with Gasteiger partial charge in [-0.15, -0.1) is 0 Å². The van der Waals surface area contributed by atoms with Crippen molar-refractivity contribution in [2.45, 2.75) is 18.3 Å². The van der Waals surface area contributed by atoms with Crippen LogP contribution in [0.2, 0.25) is 0 Å². The SMILES string of the molecule is COc1ccc(C2(C(=O)O)CC(=O)C2)cc1F. The van der Waals surface area contributed by atoms with E-state index in [1.54, 1.807) is 0 Å². The van der Waals surface area contributed by atoms with Crippen LogP contribution in [0.5, 0.6) is 5.75 Å². The number of carboxylic acid groups (broad SMARTS) is 1. The lowest BCUT2D eigenvalue weighted by molar-refractivity contribution is -0.153. The molecule has 0 radical (unpaired) electrons. The summed E-state index contributed by atoms with van der Waals surface area (Å²) < 4.78 is 18.3. The molecule has 1 aromatic carbocycles. The lowest BCUT2D eigenvalue weighted by atomic mass is 9.63. The van der Waals surface area contributed by atoms with Gasteiger partial charge in [-0.1, -0.05) is 6.07 Å². The van der Waals surface area contributed by atoms with Crippen LogP contribution in [0, 0.1) is 5.82 Å². The Bertz CT molecular complexity index is 487. The predicted molar refractivity (Wildman–Crippen MR) is 56.5 cm³/mol. The topological polar surface area (TPSA) is 63.6 Å². The van der Waals surface area contributed by atoms with Crippen molar-refractivity contribution in [2.75, 3.05) is 7.11 Å². The Labute approximate surface area is 97.0 Å². The molecule has 0 unspecified atom stereocenters. The molecule has 0 aromatic heterocycles. The lowest BCUT2D eigenvalue weighted by Crippen LogP contribution is -2.48. The first-order chi connectivity index (χ1) is 7.99. The molecule has 1 aliphatic carbocycles. The highest BCUT2D eigenvalue weighted by atomic mass is 19.1. The third-order valence-electron chi connectivity index (χ3n) is 3.11. The summed E-state index contributed by atoms with van der Waals surface area (Å²) in [5.41, 5.74) is -0.951. The molecule has 17 heavy (non-hydrogen) atoms.